The summed E-state index contributed by atoms with van der Waals surface area (Å²) in [7, 11) is 0. The van der Waals surface area contributed by atoms with Gasteiger partial charge in [0.2, 0.25) is 0 Å². The minimum atomic E-state index is 0.509. The minimum absolute atomic E-state index is 0.509. The summed E-state index contributed by atoms with van der Waals surface area (Å²) in [5.74, 6) is 0. The number of rotatable bonds is 3. The van der Waals surface area contributed by atoms with Gasteiger partial charge in [-0.2, -0.15) is 0 Å². The number of thiazole rings is 1. The molecule has 1 aromatic heterocycles. The summed E-state index contributed by atoms with van der Waals surface area (Å²) >= 11 is 13.7. The first-order chi connectivity index (χ1) is 8.13. The zero-order valence-electron chi connectivity index (χ0n) is 9.34. The van der Waals surface area contributed by atoms with Crippen LogP contribution in [0.4, 0.5) is 5.00 Å². The average molecular weight is 287 g/mol. The number of aryl methyl sites for hydroxylation is 1. The third-order valence-corrected chi connectivity index (χ3v) is 4.13. The Bertz CT molecular complexity index is 537. The van der Waals surface area contributed by atoms with E-state index in [0.29, 0.717) is 15.0 Å². The molecule has 17 heavy (non-hydrogen) atoms. The van der Waals surface area contributed by atoms with Crippen molar-refractivity contribution in [3.8, 4) is 11.3 Å². The Balaban J connectivity index is 2.49. The van der Waals surface area contributed by atoms with Gasteiger partial charge in [0.1, 0.15) is 10.7 Å². The van der Waals surface area contributed by atoms with Crippen molar-refractivity contribution < 1.29 is 0 Å². The second-order valence-corrected chi connectivity index (χ2v) is 5.57. The highest BCUT2D eigenvalue weighted by Crippen LogP contribution is 2.38. The molecule has 1 heterocycles. The summed E-state index contributed by atoms with van der Waals surface area (Å²) in [6, 6.07) is 5.49. The van der Waals surface area contributed by atoms with Gasteiger partial charge in [-0.15, -0.1) is 11.3 Å². The van der Waals surface area contributed by atoms with E-state index in [1.54, 1.807) is 6.07 Å². The molecule has 1 aromatic carbocycles. The Morgan fingerprint density at radius 1 is 1.35 bits per heavy atom. The van der Waals surface area contributed by atoms with E-state index in [4.69, 9.17) is 28.9 Å². The van der Waals surface area contributed by atoms with E-state index in [0.717, 1.165) is 29.1 Å². The number of nitrogens with zero attached hydrogens (tertiary/aromatic N) is 1. The van der Waals surface area contributed by atoms with Crippen LogP contribution >= 0.6 is 34.5 Å². The van der Waals surface area contributed by atoms with Crippen molar-refractivity contribution in [2.45, 2.75) is 19.8 Å². The Hall–Kier alpha value is -0.770. The van der Waals surface area contributed by atoms with Gasteiger partial charge >= 0.3 is 0 Å². The van der Waals surface area contributed by atoms with Gasteiger partial charge in [0.05, 0.1) is 15.1 Å². The zero-order valence-corrected chi connectivity index (χ0v) is 11.7. The maximum Gasteiger partial charge on any atom is 0.114 e. The molecule has 90 valence electrons. The van der Waals surface area contributed by atoms with E-state index in [9.17, 15) is 0 Å². The van der Waals surface area contributed by atoms with Gasteiger partial charge in [0.15, 0.2) is 0 Å². The second kappa shape index (κ2) is 5.25. The number of benzene rings is 1. The normalized spacial score (nSPS) is 10.8. The molecule has 2 N–H and O–H groups in total. The monoisotopic (exact) mass is 286 g/mol. The largest absolute Gasteiger partial charge is 0.389 e. The van der Waals surface area contributed by atoms with Gasteiger partial charge in [-0.1, -0.05) is 42.3 Å². The molecule has 2 rings (SSSR count). The van der Waals surface area contributed by atoms with Crippen molar-refractivity contribution >= 4 is 39.5 Å². The zero-order chi connectivity index (χ0) is 12.4. The standard InChI is InChI=1S/C12H12Cl2N2S/c1-2-4-9-16-11(12(15)17-9)7-5-3-6-8(13)10(7)14/h3,5-6H,2,4,15H2,1H3. The Kier molecular flexibility index (Phi) is 3.92. The number of hydrogen-bond acceptors (Lipinski definition) is 3. The topological polar surface area (TPSA) is 38.9 Å². The summed E-state index contributed by atoms with van der Waals surface area (Å²) in [5.41, 5.74) is 7.52. The summed E-state index contributed by atoms with van der Waals surface area (Å²) in [6.07, 6.45) is 1.99. The van der Waals surface area contributed by atoms with Crippen LogP contribution in [0.5, 0.6) is 0 Å². The van der Waals surface area contributed by atoms with Crippen molar-refractivity contribution in [3.63, 3.8) is 0 Å². The quantitative estimate of drug-likeness (QED) is 0.892. The lowest BCUT2D eigenvalue weighted by atomic mass is 10.1. The maximum atomic E-state index is 6.16. The van der Waals surface area contributed by atoms with Gasteiger partial charge in [-0.3, -0.25) is 0 Å². The minimum Gasteiger partial charge on any atom is -0.389 e. The van der Waals surface area contributed by atoms with Crippen molar-refractivity contribution in [2.75, 3.05) is 5.73 Å². The van der Waals surface area contributed by atoms with Crippen LogP contribution in [0.15, 0.2) is 18.2 Å². The van der Waals surface area contributed by atoms with Crippen LogP contribution in [-0.2, 0) is 6.42 Å². The molecule has 0 unspecified atom stereocenters. The molecule has 0 aliphatic heterocycles. The summed E-state index contributed by atoms with van der Waals surface area (Å²) in [6.45, 7) is 2.11. The lowest BCUT2D eigenvalue weighted by Gasteiger charge is -2.03. The van der Waals surface area contributed by atoms with E-state index in [2.05, 4.69) is 11.9 Å². The van der Waals surface area contributed by atoms with E-state index >= 15 is 0 Å². The molecule has 0 radical (unpaired) electrons. The van der Waals surface area contributed by atoms with Gasteiger partial charge in [0, 0.05) is 5.56 Å². The van der Waals surface area contributed by atoms with Gasteiger partial charge in [-0.05, 0) is 18.9 Å². The number of halogens is 2. The molecule has 0 saturated heterocycles. The molecule has 0 atom stereocenters. The fourth-order valence-corrected chi connectivity index (χ4v) is 2.92. The Labute approximate surface area is 114 Å². The number of aromatic nitrogens is 1. The van der Waals surface area contributed by atoms with Gasteiger partial charge in [0.25, 0.3) is 0 Å². The fraction of sp³-hybridized carbons (Fsp3) is 0.250. The molecule has 0 amide bonds. The highest BCUT2D eigenvalue weighted by Gasteiger charge is 2.14. The molecule has 0 saturated carbocycles. The number of nitrogens with two attached hydrogens (primary N) is 1. The van der Waals surface area contributed by atoms with E-state index in [1.807, 2.05) is 12.1 Å². The smallest absolute Gasteiger partial charge is 0.114 e. The SMILES string of the molecule is CCCc1nc(-c2cccc(Cl)c2Cl)c(N)s1. The van der Waals surface area contributed by atoms with E-state index in [1.165, 1.54) is 11.3 Å². The molecule has 0 aliphatic carbocycles. The molecule has 5 heteroatoms. The van der Waals surface area contributed by atoms with Gasteiger partial charge in [-0.25, -0.2) is 4.98 Å². The predicted octanol–water partition coefficient (Wildman–Crippen LogP) is 4.65. The van der Waals surface area contributed by atoms with Crippen molar-refractivity contribution in [1.29, 1.82) is 0 Å². The highest BCUT2D eigenvalue weighted by atomic mass is 35.5. The number of hydrogen-bond donors (Lipinski definition) is 1. The first kappa shape index (κ1) is 12.7. The Morgan fingerprint density at radius 2 is 2.12 bits per heavy atom. The molecule has 0 bridgehead atoms. The molecular weight excluding hydrogens is 275 g/mol. The predicted molar refractivity (Wildman–Crippen MR) is 76.0 cm³/mol. The highest BCUT2D eigenvalue weighted by molar-refractivity contribution is 7.16. The second-order valence-electron chi connectivity index (χ2n) is 3.67. The average Bonchev–Trinajstić information content (AvgIpc) is 2.64. The first-order valence-electron chi connectivity index (χ1n) is 5.33. The molecule has 2 aromatic rings. The van der Waals surface area contributed by atoms with Crippen molar-refractivity contribution in [1.82, 2.24) is 4.98 Å². The summed E-state index contributed by atoms with van der Waals surface area (Å²) in [5, 5.41) is 2.76. The van der Waals surface area contributed by atoms with Crippen LogP contribution in [-0.4, -0.2) is 4.98 Å². The fourth-order valence-electron chi connectivity index (χ4n) is 1.58. The summed E-state index contributed by atoms with van der Waals surface area (Å²) in [4.78, 5) is 4.52. The lowest BCUT2D eigenvalue weighted by Crippen LogP contribution is -1.88. The van der Waals surface area contributed by atoms with E-state index in [-0.39, 0.29) is 0 Å². The van der Waals surface area contributed by atoms with Crippen LogP contribution in [0.2, 0.25) is 10.0 Å². The molecular formula is C12H12Cl2N2S. The lowest BCUT2D eigenvalue weighted by molar-refractivity contribution is 0.910. The summed E-state index contributed by atoms with van der Waals surface area (Å²) < 4.78 is 0. The molecule has 0 fully saturated rings. The number of anilines is 1. The third-order valence-electron chi connectivity index (χ3n) is 2.37. The first-order valence-corrected chi connectivity index (χ1v) is 6.90. The van der Waals surface area contributed by atoms with Crippen LogP contribution in [0.25, 0.3) is 11.3 Å². The van der Waals surface area contributed by atoms with Crippen LogP contribution in [0.1, 0.15) is 18.4 Å². The third kappa shape index (κ3) is 2.57. The molecule has 0 spiro atoms. The van der Waals surface area contributed by atoms with Crippen LogP contribution < -0.4 is 5.73 Å². The van der Waals surface area contributed by atoms with E-state index < -0.39 is 0 Å². The van der Waals surface area contributed by atoms with Crippen molar-refractivity contribution in [3.05, 3.63) is 33.3 Å². The Morgan fingerprint density at radius 3 is 2.82 bits per heavy atom. The molecule has 2 nitrogen and oxygen atoms in total. The van der Waals surface area contributed by atoms with Crippen LogP contribution in [0, 0.1) is 0 Å². The van der Waals surface area contributed by atoms with Crippen molar-refractivity contribution in [2.24, 2.45) is 0 Å². The number of nitrogen functional groups attached to an aromatic ring is 1. The maximum absolute atomic E-state index is 6.16. The van der Waals surface area contributed by atoms with Crippen LogP contribution in [0.3, 0.4) is 0 Å². The van der Waals surface area contributed by atoms with Gasteiger partial charge < -0.3 is 5.73 Å². The molecule has 0 aliphatic rings.